The second-order valence-corrected chi connectivity index (χ2v) is 4.22. The highest BCUT2D eigenvalue weighted by molar-refractivity contribution is 5.58. The van der Waals surface area contributed by atoms with Crippen LogP contribution in [-0.4, -0.2) is 22.2 Å². The Morgan fingerprint density at radius 3 is 2.67 bits per heavy atom. The summed E-state index contributed by atoms with van der Waals surface area (Å²) in [4.78, 5) is 8.51. The summed E-state index contributed by atoms with van der Waals surface area (Å²) in [5, 5.41) is 10.00. The van der Waals surface area contributed by atoms with Gasteiger partial charge in [0.05, 0.1) is 12.7 Å². The first-order chi connectivity index (χ1) is 8.72. The Morgan fingerprint density at radius 2 is 2.06 bits per heavy atom. The third-order valence-corrected chi connectivity index (χ3v) is 2.62. The molecule has 6 nitrogen and oxygen atoms in total. The molecule has 2 aromatic rings. The van der Waals surface area contributed by atoms with Crippen molar-refractivity contribution in [2.75, 3.05) is 17.7 Å². The highest BCUT2D eigenvalue weighted by Crippen LogP contribution is 2.28. The molecule has 0 aliphatic carbocycles. The van der Waals surface area contributed by atoms with E-state index in [-0.39, 0.29) is 0 Å². The Kier molecular flexibility index (Phi) is 3.76. The molecule has 0 unspecified atom stereocenters. The van der Waals surface area contributed by atoms with Crippen molar-refractivity contribution < 1.29 is 4.52 Å². The van der Waals surface area contributed by atoms with Gasteiger partial charge in [0.1, 0.15) is 18.0 Å². The van der Waals surface area contributed by atoms with Gasteiger partial charge in [0.15, 0.2) is 5.76 Å². The summed E-state index contributed by atoms with van der Waals surface area (Å²) in [7, 11) is 1.86. The zero-order valence-corrected chi connectivity index (χ0v) is 10.8. The highest BCUT2D eigenvalue weighted by atomic mass is 16.5. The van der Waals surface area contributed by atoms with Gasteiger partial charge in [-0.05, 0) is 5.92 Å². The molecule has 2 N–H and O–H groups in total. The van der Waals surface area contributed by atoms with Crippen LogP contribution in [0.4, 0.5) is 11.6 Å². The minimum atomic E-state index is 0.325. The molecule has 96 valence electrons. The first-order valence-electron chi connectivity index (χ1n) is 5.88. The van der Waals surface area contributed by atoms with Gasteiger partial charge < -0.3 is 15.2 Å². The van der Waals surface area contributed by atoms with Crippen LogP contribution in [-0.2, 0) is 6.54 Å². The Hall–Kier alpha value is -2.11. The van der Waals surface area contributed by atoms with Gasteiger partial charge in [-0.1, -0.05) is 19.0 Å². The maximum absolute atomic E-state index is 5.04. The van der Waals surface area contributed by atoms with E-state index in [9.17, 15) is 0 Å². The number of hydrogen-bond acceptors (Lipinski definition) is 6. The number of hydrogen-bond donors (Lipinski definition) is 2. The molecule has 0 aromatic carbocycles. The standard InChI is InChI=1S/C12H17N5O/c1-8(2)10-11(13-3)15-7-16-12(10)14-6-9-4-5-17-18-9/h4-5,7-8H,6H2,1-3H3,(H2,13,14,15,16). The topological polar surface area (TPSA) is 75.9 Å². The van der Waals surface area contributed by atoms with Crippen LogP contribution in [0.15, 0.2) is 23.1 Å². The molecule has 0 saturated heterocycles. The summed E-state index contributed by atoms with van der Waals surface area (Å²) in [6.45, 7) is 4.78. The van der Waals surface area contributed by atoms with Gasteiger partial charge in [0, 0.05) is 18.7 Å². The van der Waals surface area contributed by atoms with Gasteiger partial charge >= 0.3 is 0 Å². The van der Waals surface area contributed by atoms with E-state index in [4.69, 9.17) is 4.52 Å². The molecule has 0 radical (unpaired) electrons. The largest absolute Gasteiger partial charge is 0.373 e. The molecule has 18 heavy (non-hydrogen) atoms. The molecule has 2 rings (SSSR count). The monoisotopic (exact) mass is 247 g/mol. The molecule has 0 saturated carbocycles. The molecule has 0 amide bonds. The minimum Gasteiger partial charge on any atom is -0.373 e. The number of nitrogens with zero attached hydrogens (tertiary/aromatic N) is 3. The van der Waals surface area contributed by atoms with Gasteiger partial charge in [0.2, 0.25) is 0 Å². The second-order valence-electron chi connectivity index (χ2n) is 4.22. The predicted molar refractivity (Wildman–Crippen MR) is 69.5 cm³/mol. The average Bonchev–Trinajstić information content (AvgIpc) is 2.88. The molecule has 0 atom stereocenters. The summed E-state index contributed by atoms with van der Waals surface area (Å²) in [6.07, 6.45) is 3.17. The normalized spacial score (nSPS) is 10.7. The summed E-state index contributed by atoms with van der Waals surface area (Å²) in [5.74, 6) is 2.76. The number of aromatic nitrogens is 3. The minimum absolute atomic E-state index is 0.325. The highest BCUT2D eigenvalue weighted by Gasteiger charge is 2.14. The maximum Gasteiger partial charge on any atom is 0.155 e. The van der Waals surface area contributed by atoms with Crippen molar-refractivity contribution in [3.8, 4) is 0 Å². The number of anilines is 2. The molecule has 0 aliphatic rings. The summed E-state index contributed by atoms with van der Waals surface area (Å²) in [5.41, 5.74) is 1.07. The molecule has 0 bridgehead atoms. The molecule has 0 spiro atoms. The van der Waals surface area contributed by atoms with E-state index < -0.39 is 0 Å². The van der Waals surface area contributed by atoms with Crippen molar-refractivity contribution in [1.29, 1.82) is 0 Å². The smallest absolute Gasteiger partial charge is 0.155 e. The zero-order chi connectivity index (χ0) is 13.0. The lowest BCUT2D eigenvalue weighted by atomic mass is 10.0. The van der Waals surface area contributed by atoms with Gasteiger partial charge in [-0.2, -0.15) is 0 Å². The fourth-order valence-corrected chi connectivity index (χ4v) is 1.79. The van der Waals surface area contributed by atoms with E-state index in [1.165, 1.54) is 0 Å². The average molecular weight is 247 g/mol. The van der Waals surface area contributed by atoms with E-state index in [0.717, 1.165) is 23.0 Å². The van der Waals surface area contributed by atoms with Crippen LogP contribution in [0.5, 0.6) is 0 Å². The van der Waals surface area contributed by atoms with Gasteiger partial charge in [0.25, 0.3) is 0 Å². The van der Waals surface area contributed by atoms with Crippen LogP contribution in [0.1, 0.15) is 31.1 Å². The number of rotatable bonds is 5. The summed E-state index contributed by atoms with van der Waals surface area (Å²) < 4.78 is 5.04. The fourth-order valence-electron chi connectivity index (χ4n) is 1.79. The Bertz CT molecular complexity index is 495. The molecular weight excluding hydrogens is 230 g/mol. The fraction of sp³-hybridized carbons (Fsp3) is 0.417. The van der Waals surface area contributed by atoms with Gasteiger partial charge in [-0.25, -0.2) is 9.97 Å². The second kappa shape index (κ2) is 5.48. The molecule has 6 heteroatoms. The Balaban J connectivity index is 2.21. The predicted octanol–water partition coefficient (Wildman–Crippen LogP) is 2.24. The lowest BCUT2D eigenvalue weighted by molar-refractivity contribution is 0.388. The van der Waals surface area contributed by atoms with Crippen molar-refractivity contribution in [2.45, 2.75) is 26.3 Å². The Labute approximate surface area is 106 Å². The van der Waals surface area contributed by atoms with E-state index in [0.29, 0.717) is 12.5 Å². The summed E-state index contributed by atoms with van der Waals surface area (Å²) in [6, 6.07) is 1.82. The molecule has 0 aliphatic heterocycles. The van der Waals surface area contributed by atoms with E-state index in [1.54, 1.807) is 12.5 Å². The molecule has 0 fully saturated rings. The van der Waals surface area contributed by atoms with E-state index in [2.05, 4.69) is 39.6 Å². The first kappa shape index (κ1) is 12.3. The van der Waals surface area contributed by atoms with Crippen molar-refractivity contribution in [2.24, 2.45) is 0 Å². The lowest BCUT2D eigenvalue weighted by Crippen LogP contribution is -2.09. The van der Waals surface area contributed by atoms with Crippen LogP contribution in [0, 0.1) is 0 Å². The van der Waals surface area contributed by atoms with Crippen LogP contribution in [0.2, 0.25) is 0 Å². The molecular formula is C12H17N5O. The lowest BCUT2D eigenvalue weighted by Gasteiger charge is -2.15. The van der Waals surface area contributed by atoms with Crippen molar-refractivity contribution in [1.82, 2.24) is 15.1 Å². The van der Waals surface area contributed by atoms with E-state index >= 15 is 0 Å². The quantitative estimate of drug-likeness (QED) is 0.844. The van der Waals surface area contributed by atoms with Crippen LogP contribution >= 0.6 is 0 Å². The van der Waals surface area contributed by atoms with Gasteiger partial charge in [-0.15, -0.1) is 0 Å². The summed E-state index contributed by atoms with van der Waals surface area (Å²) >= 11 is 0. The van der Waals surface area contributed by atoms with Crippen molar-refractivity contribution >= 4 is 11.6 Å². The van der Waals surface area contributed by atoms with Crippen LogP contribution < -0.4 is 10.6 Å². The SMILES string of the molecule is CNc1ncnc(NCc2ccno2)c1C(C)C. The first-order valence-corrected chi connectivity index (χ1v) is 5.88. The van der Waals surface area contributed by atoms with E-state index in [1.807, 2.05) is 13.1 Å². The molecule has 2 heterocycles. The zero-order valence-electron chi connectivity index (χ0n) is 10.8. The number of nitrogens with one attached hydrogen (secondary N) is 2. The van der Waals surface area contributed by atoms with Crippen LogP contribution in [0.3, 0.4) is 0 Å². The third-order valence-electron chi connectivity index (χ3n) is 2.62. The van der Waals surface area contributed by atoms with Crippen molar-refractivity contribution in [3.05, 3.63) is 29.9 Å². The van der Waals surface area contributed by atoms with Gasteiger partial charge in [-0.3, -0.25) is 0 Å². The third kappa shape index (κ3) is 2.58. The Morgan fingerprint density at radius 1 is 1.28 bits per heavy atom. The molecule has 2 aromatic heterocycles. The maximum atomic E-state index is 5.04. The van der Waals surface area contributed by atoms with Crippen LogP contribution in [0.25, 0.3) is 0 Å². The van der Waals surface area contributed by atoms with Crippen molar-refractivity contribution in [3.63, 3.8) is 0 Å².